The Morgan fingerprint density at radius 2 is 2.26 bits per heavy atom. The maximum absolute atomic E-state index is 13.2. The molecule has 0 aliphatic rings. The van der Waals surface area contributed by atoms with Crippen LogP contribution in [0.2, 0.25) is 0 Å². The molecular formula is C13H17BrFNO3. The first-order valence-electron chi connectivity index (χ1n) is 5.94. The zero-order chi connectivity index (χ0) is 14.3. The van der Waals surface area contributed by atoms with Gasteiger partial charge in [0.15, 0.2) is 0 Å². The molecule has 0 radical (unpaired) electrons. The van der Waals surface area contributed by atoms with Gasteiger partial charge in [0.2, 0.25) is 0 Å². The van der Waals surface area contributed by atoms with Gasteiger partial charge < -0.3 is 9.47 Å². The summed E-state index contributed by atoms with van der Waals surface area (Å²) in [4.78, 5) is 11.9. The van der Waals surface area contributed by atoms with Gasteiger partial charge in [0.05, 0.1) is 17.7 Å². The van der Waals surface area contributed by atoms with Crippen molar-refractivity contribution in [2.75, 3.05) is 26.9 Å². The van der Waals surface area contributed by atoms with Crippen molar-refractivity contribution in [3.63, 3.8) is 0 Å². The van der Waals surface area contributed by atoms with Crippen molar-refractivity contribution in [1.82, 2.24) is 5.32 Å². The SMILES string of the molecule is CCOC(=O)C(NCCOC)c1ccc(F)c(Br)c1. The summed E-state index contributed by atoms with van der Waals surface area (Å²) in [6, 6.07) is 3.80. The molecule has 0 fully saturated rings. The molecule has 1 aromatic rings. The Hall–Kier alpha value is -0.980. The van der Waals surface area contributed by atoms with E-state index in [4.69, 9.17) is 9.47 Å². The highest BCUT2D eigenvalue weighted by Gasteiger charge is 2.22. The van der Waals surface area contributed by atoms with Crippen LogP contribution in [0, 0.1) is 5.82 Å². The van der Waals surface area contributed by atoms with Gasteiger partial charge in [0, 0.05) is 13.7 Å². The molecule has 1 rings (SSSR count). The fraction of sp³-hybridized carbons (Fsp3) is 0.462. The second-order valence-electron chi connectivity index (χ2n) is 3.81. The minimum Gasteiger partial charge on any atom is -0.465 e. The Kier molecular flexibility index (Phi) is 6.97. The third-order valence-electron chi connectivity index (χ3n) is 2.45. The van der Waals surface area contributed by atoms with Gasteiger partial charge in [-0.3, -0.25) is 5.32 Å². The summed E-state index contributed by atoms with van der Waals surface area (Å²) in [5, 5.41) is 3.03. The summed E-state index contributed by atoms with van der Waals surface area (Å²) in [5.74, 6) is -0.764. The minimum absolute atomic E-state index is 0.295. The smallest absolute Gasteiger partial charge is 0.327 e. The van der Waals surface area contributed by atoms with Gasteiger partial charge >= 0.3 is 5.97 Å². The van der Waals surface area contributed by atoms with Crippen LogP contribution >= 0.6 is 15.9 Å². The summed E-state index contributed by atoms with van der Waals surface area (Å²) in [6.45, 7) is 3.00. The highest BCUT2D eigenvalue weighted by Crippen LogP contribution is 2.22. The van der Waals surface area contributed by atoms with E-state index < -0.39 is 12.0 Å². The van der Waals surface area contributed by atoms with Crippen molar-refractivity contribution in [3.8, 4) is 0 Å². The van der Waals surface area contributed by atoms with Crippen LogP contribution in [-0.2, 0) is 14.3 Å². The Bertz CT molecular complexity index is 428. The van der Waals surface area contributed by atoms with Gasteiger partial charge in [0.1, 0.15) is 11.9 Å². The first-order valence-corrected chi connectivity index (χ1v) is 6.73. The van der Waals surface area contributed by atoms with E-state index in [0.29, 0.717) is 29.8 Å². The maximum atomic E-state index is 13.2. The first-order chi connectivity index (χ1) is 9.10. The molecule has 0 bridgehead atoms. The molecule has 19 heavy (non-hydrogen) atoms. The van der Waals surface area contributed by atoms with Gasteiger partial charge in [-0.25, -0.2) is 9.18 Å². The maximum Gasteiger partial charge on any atom is 0.327 e. The molecule has 1 aromatic carbocycles. The predicted molar refractivity (Wildman–Crippen MR) is 73.4 cm³/mol. The standard InChI is InChI=1S/C13H17BrFNO3/c1-3-19-13(17)12(16-6-7-18-2)9-4-5-11(15)10(14)8-9/h4-5,8,12,16H,3,6-7H2,1-2H3. The number of hydrogen-bond acceptors (Lipinski definition) is 4. The lowest BCUT2D eigenvalue weighted by Gasteiger charge is -2.17. The van der Waals surface area contributed by atoms with Crippen molar-refractivity contribution in [1.29, 1.82) is 0 Å². The second-order valence-corrected chi connectivity index (χ2v) is 4.66. The number of benzene rings is 1. The molecule has 6 heteroatoms. The summed E-state index contributed by atoms with van der Waals surface area (Å²) in [6.07, 6.45) is 0. The Morgan fingerprint density at radius 3 is 2.84 bits per heavy atom. The molecule has 0 aromatic heterocycles. The fourth-order valence-corrected chi connectivity index (χ4v) is 1.96. The summed E-state index contributed by atoms with van der Waals surface area (Å²) in [5.41, 5.74) is 0.642. The van der Waals surface area contributed by atoms with E-state index in [2.05, 4.69) is 21.2 Å². The molecule has 0 amide bonds. The van der Waals surface area contributed by atoms with E-state index in [0.717, 1.165) is 0 Å². The van der Waals surface area contributed by atoms with E-state index in [1.807, 2.05) is 0 Å². The average Bonchev–Trinajstić information content (AvgIpc) is 2.38. The van der Waals surface area contributed by atoms with E-state index in [1.54, 1.807) is 26.2 Å². The largest absolute Gasteiger partial charge is 0.465 e. The zero-order valence-electron chi connectivity index (χ0n) is 10.9. The second kappa shape index (κ2) is 8.24. The molecule has 0 saturated carbocycles. The van der Waals surface area contributed by atoms with Crippen LogP contribution in [0.15, 0.2) is 22.7 Å². The average molecular weight is 334 g/mol. The van der Waals surface area contributed by atoms with Gasteiger partial charge in [-0.1, -0.05) is 6.07 Å². The van der Waals surface area contributed by atoms with Crippen LogP contribution in [0.25, 0.3) is 0 Å². The van der Waals surface area contributed by atoms with Crippen molar-refractivity contribution < 1.29 is 18.7 Å². The summed E-state index contributed by atoms with van der Waals surface area (Å²) >= 11 is 3.10. The third-order valence-corrected chi connectivity index (χ3v) is 3.06. The van der Waals surface area contributed by atoms with Gasteiger partial charge in [-0.15, -0.1) is 0 Å². The molecule has 0 spiro atoms. The lowest BCUT2D eigenvalue weighted by molar-refractivity contribution is -0.145. The molecule has 0 aliphatic carbocycles. The van der Waals surface area contributed by atoms with E-state index in [1.165, 1.54) is 6.07 Å². The molecule has 0 saturated heterocycles. The quantitative estimate of drug-likeness (QED) is 0.615. The lowest BCUT2D eigenvalue weighted by atomic mass is 10.1. The Balaban J connectivity index is 2.87. The zero-order valence-corrected chi connectivity index (χ0v) is 12.5. The normalized spacial score (nSPS) is 12.2. The molecule has 1 unspecified atom stereocenters. The molecule has 1 atom stereocenters. The molecule has 4 nitrogen and oxygen atoms in total. The molecular weight excluding hydrogens is 317 g/mol. The van der Waals surface area contributed by atoms with Crippen molar-refractivity contribution >= 4 is 21.9 Å². The van der Waals surface area contributed by atoms with Crippen LogP contribution in [0.3, 0.4) is 0 Å². The van der Waals surface area contributed by atoms with Crippen LogP contribution in [0.4, 0.5) is 4.39 Å². The fourth-order valence-electron chi connectivity index (χ4n) is 1.56. The first kappa shape index (κ1) is 16.1. The molecule has 0 aliphatic heterocycles. The Morgan fingerprint density at radius 1 is 1.53 bits per heavy atom. The van der Waals surface area contributed by atoms with Crippen LogP contribution in [0.5, 0.6) is 0 Å². The number of ether oxygens (including phenoxy) is 2. The number of carbonyl (C=O) groups is 1. The lowest BCUT2D eigenvalue weighted by Crippen LogP contribution is -2.32. The molecule has 1 N–H and O–H groups in total. The van der Waals surface area contributed by atoms with E-state index in [-0.39, 0.29) is 5.82 Å². The highest BCUT2D eigenvalue weighted by atomic mass is 79.9. The van der Waals surface area contributed by atoms with Crippen molar-refractivity contribution in [2.24, 2.45) is 0 Å². The van der Waals surface area contributed by atoms with Gasteiger partial charge in [-0.2, -0.15) is 0 Å². The van der Waals surface area contributed by atoms with Gasteiger partial charge in [-0.05, 0) is 40.5 Å². The van der Waals surface area contributed by atoms with Crippen LogP contribution in [-0.4, -0.2) is 32.8 Å². The third kappa shape index (κ3) is 4.89. The number of halogens is 2. The molecule has 0 heterocycles. The van der Waals surface area contributed by atoms with E-state index in [9.17, 15) is 9.18 Å². The predicted octanol–water partition coefficient (Wildman–Crippen LogP) is 2.43. The molecule has 106 valence electrons. The van der Waals surface area contributed by atoms with Gasteiger partial charge in [0.25, 0.3) is 0 Å². The number of methoxy groups -OCH3 is 1. The Labute approximate surface area is 120 Å². The number of carbonyl (C=O) groups excluding carboxylic acids is 1. The highest BCUT2D eigenvalue weighted by molar-refractivity contribution is 9.10. The number of nitrogens with one attached hydrogen (secondary N) is 1. The number of rotatable bonds is 7. The van der Waals surface area contributed by atoms with Crippen molar-refractivity contribution in [2.45, 2.75) is 13.0 Å². The van der Waals surface area contributed by atoms with Crippen LogP contribution < -0.4 is 5.32 Å². The topological polar surface area (TPSA) is 47.6 Å². The van der Waals surface area contributed by atoms with Crippen molar-refractivity contribution in [3.05, 3.63) is 34.1 Å². The van der Waals surface area contributed by atoms with Crippen LogP contribution in [0.1, 0.15) is 18.5 Å². The number of hydrogen-bond donors (Lipinski definition) is 1. The van der Waals surface area contributed by atoms with E-state index >= 15 is 0 Å². The monoisotopic (exact) mass is 333 g/mol. The number of esters is 1. The summed E-state index contributed by atoms with van der Waals surface area (Å²) < 4.78 is 23.5. The summed E-state index contributed by atoms with van der Waals surface area (Å²) in [7, 11) is 1.58. The minimum atomic E-state index is -0.632.